The summed E-state index contributed by atoms with van der Waals surface area (Å²) in [6.45, 7) is 1.53. The van der Waals surface area contributed by atoms with Crippen LogP contribution in [0.15, 0.2) is 39.7 Å². The van der Waals surface area contributed by atoms with E-state index in [9.17, 15) is 14.0 Å². The van der Waals surface area contributed by atoms with E-state index in [1.54, 1.807) is 13.0 Å². The van der Waals surface area contributed by atoms with Gasteiger partial charge >= 0.3 is 0 Å². The number of aryl methyl sites for hydroxylation is 1. The maximum absolute atomic E-state index is 13.0. The number of nitrogens with one attached hydrogen (secondary N) is 1. The Kier molecular flexibility index (Phi) is 4.42. The molecule has 0 bridgehead atoms. The molecule has 0 fully saturated rings. The monoisotopic (exact) mass is 353 g/mol. The zero-order chi connectivity index (χ0) is 15.6. The average molecular weight is 354 g/mol. The maximum Gasteiger partial charge on any atom is 0.253 e. The molecule has 0 aliphatic carbocycles. The lowest BCUT2D eigenvalue weighted by atomic mass is 10.2. The third kappa shape index (κ3) is 3.69. The Balaban J connectivity index is 2.15. The number of halogens is 2. The van der Waals surface area contributed by atoms with E-state index in [2.05, 4.69) is 21.2 Å². The Morgan fingerprint density at radius 1 is 1.43 bits per heavy atom. The number of pyridine rings is 1. The second-order valence-corrected chi connectivity index (χ2v) is 5.47. The van der Waals surface area contributed by atoms with Gasteiger partial charge in [-0.2, -0.15) is 0 Å². The van der Waals surface area contributed by atoms with E-state index in [1.807, 2.05) is 0 Å². The van der Waals surface area contributed by atoms with Crippen molar-refractivity contribution in [3.05, 3.63) is 56.7 Å². The molecule has 1 aromatic carbocycles. The van der Waals surface area contributed by atoms with Gasteiger partial charge in [-0.05, 0) is 47.1 Å². The Morgan fingerprint density at radius 3 is 2.81 bits per heavy atom. The first-order valence-electron chi connectivity index (χ1n) is 6.08. The summed E-state index contributed by atoms with van der Waals surface area (Å²) in [5.41, 5.74) is 6.03. The molecule has 0 radical (unpaired) electrons. The van der Waals surface area contributed by atoms with Gasteiger partial charge in [-0.3, -0.25) is 9.59 Å². The smallest absolute Gasteiger partial charge is 0.253 e. The SMILES string of the molecule is Cc1cc(Br)cn(CC(=O)Nc2ccc(F)c(N)c2)c1=O. The van der Waals surface area contributed by atoms with E-state index in [0.29, 0.717) is 15.7 Å². The number of rotatable bonds is 3. The van der Waals surface area contributed by atoms with Gasteiger partial charge in [-0.25, -0.2) is 4.39 Å². The van der Waals surface area contributed by atoms with Crippen LogP contribution in [-0.2, 0) is 11.3 Å². The second kappa shape index (κ2) is 6.09. The van der Waals surface area contributed by atoms with Gasteiger partial charge in [0.15, 0.2) is 0 Å². The van der Waals surface area contributed by atoms with Crippen molar-refractivity contribution in [1.29, 1.82) is 0 Å². The summed E-state index contributed by atoms with van der Waals surface area (Å²) in [6.07, 6.45) is 1.54. The highest BCUT2D eigenvalue weighted by molar-refractivity contribution is 9.10. The first-order valence-corrected chi connectivity index (χ1v) is 6.87. The lowest BCUT2D eigenvalue weighted by Crippen LogP contribution is -2.28. The maximum atomic E-state index is 13.0. The highest BCUT2D eigenvalue weighted by atomic mass is 79.9. The number of nitrogens with zero attached hydrogens (tertiary/aromatic N) is 1. The average Bonchev–Trinajstić information content (AvgIpc) is 2.39. The van der Waals surface area contributed by atoms with Crippen LogP contribution in [0.2, 0.25) is 0 Å². The number of aromatic nitrogens is 1. The fourth-order valence-corrected chi connectivity index (χ4v) is 2.42. The van der Waals surface area contributed by atoms with Crippen LogP contribution in [-0.4, -0.2) is 10.5 Å². The summed E-state index contributed by atoms with van der Waals surface area (Å²) in [7, 11) is 0. The molecular weight excluding hydrogens is 341 g/mol. The molecule has 0 spiro atoms. The van der Waals surface area contributed by atoms with Crippen molar-refractivity contribution in [3.8, 4) is 0 Å². The Bertz CT molecular complexity index is 758. The number of benzene rings is 1. The van der Waals surface area contributed by atoms with Gasteiger partial charge in [-0.1, -0.05) is 0 Å². The summed E-state index contributed by atoms with van der Waals surface area (Å²) in [6, 6.07) is 5.57. The highest BCUT2D eigenvalue weighted by Gasteiger charge is 2.08. The van der Waals surface area contributed by atoms with E-state index < -0.39 is 11.7 Å². The van der Waals surface area contributed by atoms with Crippen molar-refractivity contribution in [1.82, 2.24) is 4.57 Å². The third-order valence-electron chi connectivity index (χ3n) is 2.83. The van der Waals surface area contributed by atoms with Gasteiger partial charge < -0.3 is 15.6 Å². The molecule has 21 heavy (non-hydrogen) atoms. The zero-order valence-corrected chi connectivity index (χ0v) is 12.8. The molecule has 2 aromatic rings. The van der Waals surface area contributed by atoms with E-state index >= 15 is 0 Å². The lowest BCUT2D eigenvalue weighted by molar-refractivity contribution is -0.116. The summed E-state index contributed by atoms with van der Waals surface area (Å²) in [5, 5.41) is 2.56. The number of nitrogens with two attached hydrogens (primary N) is 1. The van der Waals surface area contributed by atoms with Crippen molar-refractivity contribution in [2.45, 2.75) is 13.5 Å². The van der Waals surface area contributed by atoms with Crippen LogP contribution >= 0.6 is 15.9 Å². The summed E-state index contributed by atoms with van der Waals surface area (Å²) in [4.78, 5) is 23.8. The molecule has 0 atom stereocenters. The minimum Gasteiger partial charge on any atom is -0.396 e. The third-order valence-corrected chi connectivity index (χ3v) is 3.26. The van der Waals surface area contributed by atoms with Crippen LogP contribution in [0.25, 0.3) is 0 Å². The first kappa shape index (κ1) is 15.2. The largest absolute Gasteiger partial charge is 0.396 e. The Hall–Kier alpha value is -2.15. The van der Waals surface area contributed by atoms with Gasteiger partial charge in [0, 0.05) is 21.9 Å². The molecule has 3 N–H and O–H groups in total. The van der Waals surface area contributed by atoms with Crippen LogP contribution in [0.1, 0.15) is 5.56 Å². The molecule has 2 rings (SSSR count). The molecule has 1 aromatic heterocycles. The first-order chi connectivity index (χ1) is 9.86. The molecule has 5 nitrogen and oxygen atoms in total. The minimum atomic E-state index is -0.549. The number of carbonyl (C=O) groups excluding carboxylic acids is 1. The molecular formula is C14H13BrFN3O2. The lowest BCUT2D eigenvalue weighted by Gasteiger charge is -2.09. The zero-order valence-electron chi connectivity index (χ0n) is 11.2. The van der Waals surface area contributed by atoms with Gasteiger partial charge in [-0.15, -0.1) is 0 Å². The van der Waals surface area contributed by atoms with Gasteiger partial charge in [0.05, 0.1) is 5.69 Å². The second-order valence-electron chi connectivity index (χ2n) is 4.56. The molecule has 110 valence electrons. The number of anilines is 2. The van der Waals surface area contributed by atoms with Crippen molar-refractivity contribution in [2.75, 3.05) is 11.1 Å². The van der Waals surface area contributed by atoms with Crippen LogP contribution in [0.4, 0.5) is 15.8 Å². The summed E-state index contributed by atoms with van der Waals surface area (Å²) < 4.78 is 15.0. The molecule has 0 aliphatic heterocycles. The predicted octanol–water partition coefficient (Wildman–Crippen LogP) is 2.28. The topological polar surface area (TPSA) is 77.1 Å². The molecule has 1 heterocycles. The minimum absolute atomic E-state index is 0.0525. The van der Waals surface area contributed by atoms with Crippen molar-refractivity contribution in [2.24, 2.45) is 0 Å². The number of amides is 1. The summed E-state index contributed by atoms with van der Waals surface area (Å²) >= 11 is 3.27. The van der Waals surface area contributed by atoms with Crippen molar-refractivity contribution < 1.29 is 9.18 Å². The molecule has 7 heteroatoms. The van der Waals surface area contributed by atoms with Gasteiger partial charge in [0.25, 0.3) is 5.56 Å². The number of hydrogen-bond donors (Lipinski definition) is 2. The van der Waals surface area contributed by atoms with Crippen molar-refractivity contribution >= 4 is 33.2 Å². The normalized spacial score (nSPS) is 10.4. The van der Waals surface area contributed by atoms with Crippen molar-refractivity contribution in [3.63, 3.8) is 0 Å². The van der Waals surface area contributed by atoms with Gasteiger partial charge in [0.1, 0.15) is 12.4 Å². The van der Waals surface area contributed by atoms with Crippen LogP contribution in [0.5, 0.6) is 0 Å². The number of carbonyl (C=O) groups is 1. The fourth-order valence-electron chi connectivity index (χ4n) is 1.83. The fraction of sp³-hybridized carbons (Fsp3) is 0.143. The Labute approximate surface area is 128 Å². The quantitative estimate of drug-likeness (QED) is 0.831. The summed E-state index contributed by atoms with van der Waals surface area (Å²) in [5.74, 6) is -0.951. The highest BCUT2D eigenvalue weighted by Crippen LogP contribution is 2.16. The number of nitrogen functional groups attached to an aromatic ring is 1. The molecule has 0 aliphatic rings. The Morgan fingerprint density at radius 2 is 2.14 bits per heavy atom. The van der Waals surface area contributed by atoms with E-state index in [-0.39, 0.29) is 17.8 Å². The van der Waals surface area contributed by atoms with Crippen LogP contribution in [0, 0.1) is 12.7 Å². The van der Waals surface area contributed by atoms with E-state index in [4.69, 9.17) is 5.73 Å². The molecule has 0 unspecified atom stereocenters. The molecule has 1 amide bonds. The van der Waals surface area contributed by atoms with Gasteiger partial charge in [0.2, 0.25) is 5.91 Å². The molecule has 0 saturated heterocycles. The van der Waals surface area contributed by atoms with Crippen LogP contribution < -0.4 is 16.6 Å². The predicted molar refractivity (Wildman–Crippen MR) is 82.6 cm³/mol. The number of hydrogen-bond acceptors (Lipinski definition) is 3. The van der Waals surface area contributed by atoms with E-state index in [1.165, 1.54) is 29.0 Å². The molecule has 0 saturated carbocycles. The standard InChI is InChI=1S/C14H13BrFN3O2/c1-8-4-9(15)6-19(14(8)21)7-13(20)18-10-2-3-11(16)12(17)5-10/h2-6H,7,17H2,1H3,(H,18,20). The van der Waals surface area contributed by atoms with E-state index in [0.717, 1.165) is 0 Å². The van der Waals surface area contributed by atoms with Crippen LogP contribution in [0.3, 0.4) is 0 Å².